The second kappa shape index (κ2) is 5.63. The molecule has 1 aliphatic carbocycles. The van der Waals surface area contributed by atoms with Gasteiger partial charge in [0.25, 0.3) is 0 Å². The molecule has 94 valence electrons. The number of sulfonamides is 1. The second-order valence-electron chi connectivity index (χ2n) is 4.39. The molecule has 2 N–H and O–H groups in total. The molecule has 0 radical (unpaired) electrons. The van der Waals surface area contributed by atoms with Crippen LogP contribution in [0.3, 0.4) is 0 Å². The van der Waals surface area contributed by atoms with E-state index in [1.165, 1.54) is 31.2 Å². The molecule has 0 heterocycles. The van der Waals surface area contributed by atoms with Crippen LogP contribution in [0.4, 0.5) is 0 Å². The summed E-state index contributed by atoms with van der Waals surface area (Å²) in [7, 11) is -0.0924. The van der Waals surface area contributed by atoms with E-state index in [9.17, 15) is 8.42 Å². The van der Waals surface area contributed by atoms with Crippen molar-refractivity contribution in [3.05, 3.63) is 0 Å². The van der Waals surface area contributed by atoms with Gasteiger partial charge in [-0.05, 0) is 12.8 Å². The minimum atomic E-state index is -3.15. The van der Waals surface area contributed by atoms with E-state index in [0.29, 0.717) is 11.8 Å². The van der Waals surface area contributed by atoms with Crippen LogP contribution in [0.1, 0.15) is 25.7 Å². The number of nitrogens with zero attached hydrogens (tertiary/aromatic N) is 2. The molecular formula is C10H21N3O2S. The van der Waals surface area contributed by atoms with Crippen LogP contribution in [0, 0.1) is 5.92 Å². The van der Waals surface area contributed by atoms with E-state index in [-0.39, 0.29) is 12.3 Å². The van der Waals surface area contributed by atoms with Gasteiger partial charge in [0.05, 0.1) is 18.1 Å². The molecule has 1 saturated carbocycles. The topological polar surface area (TPSA) is 75.8 Å². The predicted octanol–water partition coefficient (Wildman–Crippen LogP) is 0.425. The zero-order valence-corrected chi connectivity index (χ0v) is 10.8. The van der Waals surface area contributed by atoms with Crippen molar-refractivity contribution < 1.29 is 8.42 Å². The Balaban J connectivity index is 2.41. The normalized spacial score (nSPS) is 19.6. The summed E-state index contributed by atoms with van der Waals surface area (Å²) >= 11 is 0. The number of hydrogen-bond acceptors (Lipinski definition) is 3. The molecule has 6 heteroatoms. The molecule has 0 bridgehead atoms. The lowest BCUT2D eigenvalue weighted by atomic mass is 10.1. The molecule has 5 nitrogen and oxygen atoms in total. The fraction of sp³-hybridized carbons (Fsp3) is 0.900. The van der Waals surface area contributed by atoms with Crippen molar-refractivity contribution in [3.63, 3.8) is 0 Å². The lowest BCUT2D eigenvalue weighted by Gasteiger charge is -2.11. The summed E-state index contributed by atoms with van der Waals surface area (Å²) in [6.07, 6.45) is 4.60. The average molecular weight is 247 g/mol. The average Bonchev–Trinajstić information content (AvgIpc) is 2.69. The Morgan fingerprint density at radius 2 is 1.94 bits per heavy atom. The minimum Gasteiger partial charge on any atom is -0.387 e. The predicted molar refractivity (Wildman–Crippen MR) is 65.9 cm³/mol. The maximum Gasteiger partial charge on any atom is 0.215 e. The van der Waals surface area contributed by atoms with E-state index in [1.54, 1.807) is 0 Å². The molecule has 0 unspecified atom stereocenters. The zero-order valence-electron chi connectivity index (χ0n) is 10.0. The van der Waals surface area contributed by atoms with Crippen LogP contribution in [-0.2, 0) is 10.0 Å². The van der Waals surface area contributed by atoms with Gasteiger partial charge in [0.1, 0.15) is 0 Å². The Bertz CT molecular complexity index is 343. The van der Waals surface area contributed by atoms with Crippen LogP contribution in [0.2, 0.25) is 0 Å². The SMILES string of the molecule is CN(C)S(=O)(=O)CCN=C(N)C1CCCC1. The lowest BCUT2D eigenvalue weighted by molar-refractivity contribution is 0.521. The molecule has 0 aromatic rings. The van der Waals surface area contributed by atoms with E-state index in [1.807, 2.05) is 0 Å². The Labute approximate surface area is 97.8 Å². The molecule has 1 rings (SSSR count). The molecule has 1 fully saturated rings. The molecule has 0 aromatic carbocycles. The molecule has 0 aromatic heterocycles. The number of amidine groups is 1. The molecule has 1 aliphatic rings. The van der Waals surface area contributed by atoms with Crippen LogP contribution < -0.4 is 5.73 Å². The highest BCUT2D eigenvalue weighted by atomic mass is 32.2. The Morgan fingerprint density at radius 1 is 1.38 bits per heavy atom. The van der Waals surface area contributed by atoms with E-state index >= 15 is 0 Å². The van der Waals surface area contributed by atoms with Crippen LogP contribution >= 0.6 is 0 Å². The van der Waals surface area contributed by atoms with Gasteiger partial charge in [-0.2, -0.15) is 0 Å². The first-order valence-corrected chi connectivity index (χ1v) is 7.24. The summed E-state index contributed by atoms with van der Waals surface area (Å²) < 4.78 is 24.1. The summed E-state index contributed by atoms with van der Waals surface area (Å²) in [6, 6.07) is 0. The third-order valence-electron chi connectivity index (χ3n) is 2.97. The van der Waals surface area contributed by atoms with Crippen molar-refractivity contribution >= 4 is 15.9 Å². The highest BCUT2D eigenvalue weighted by Gasteiger charge is 2.19. The fourth-order valence-corrected chi connectivity index (χ4v) is 2.51. The van der Waals surface area contributed by atoms with Crippen molar-refractivity contribution in [2.24, 2.45) is 16.6 Å². The number of nitrogens with two attached hydrogens (primary N) is 1. The standard InChI is InChI=1S/C10H21N3O2S/c1-13(2)16(14,15)8-7-12-10(11)9-5-3-4-6-9/h9H,3-8H2,1-2H3,(H2,11,12). The fourth-order valence-electron chi connectivity index (χ4n) is 1.82. The van der Waals surface area contributed by atoms with Crippen LogP contribution in [0.25, 0.3) is 0 Å². The Hall–Kier alpha value is -0.620. The summed E-state index contributed by atoms with van der Waals surface area (Å²) in [6.45, 7) is 0.267. The molecule has 0 aliphatic heterocycles. The highest BCUT2D eigenvalue weighted by Crippen LogP contribution is 2.24. The van der Waals surface area contributed by atoms with E-state index < -0.39 is 10.0 Å². The van der Waals surface area contributed by atoms with Crippen molar-refractivity contribution in [3.8, 4) is 0 Å². The van der Waals surface area contributed by atoms with Crippen molar-refractivity contribution in [2.45, 2.75) is 25.7 Å². The van der Waals surface area contributed by atoms with Gasteiger partial charge in [0, 0.05) is 20.0 Å². The van der Waals surface area contributed by atoms with Gasteiger partial charge >= 0.3 is 0 Å². The van der Waals surface area contributed by atoms with Gasteiger partial charge < -0.3 is 5.73 Å². The van der Waals surface area contributed by atoms with Gasteiger partial charge in [-0.15, -0.1) is 0 Å². The van der Waals surface area contributed by atoms with Gasteiger partial charge in [0.15, 0.2) is 0 Å². The molecular weight excluding hydrogens is 226 g/mol. The van der Waals surface area contributed by atoms with Crippen molar-refractivity contribution in [2.75, 3.05) is 26.4 Å². The smallest absolute Gasteiger partial charge is 0.215 e. The molecule has 0 spiro atoms. The lowest BCUT2D eigenvalue weighted by Crippen LogP contribution is -2.28. The van der Waals surface area contributed by atoms with Crippen LogP contribution in [-0.4, -0.2) is 45.0 Å². The van der Waals surface area contributed by atoms with Gasteiger partial charge in [0.2, 0.25) is 10.0 Å². The number of hydrogen-bond donors (Lipinski definition) is 1. The van der Waals surface area contributed by atoms with E-state index in [2.05, 4.69) is 4.99 Å². The van der Waals surface area contributed by atoms with Crippen LogP contribution in [0.15, 0.2) is 4.99 Å². The summed E-state index contributed by atoms with van der Waals surface area (Å²) in [5.74, 6) is 1.04. The van der Waals surface area contributed by atoms with Crippen molar-refractivity contribution in [1.82, 2.24) is 4.31 Å². The summed E-state index contributed by atoms with van der Waals surface area (Å²) in [5.41, 5.74) is 5.83. The molecule has 0 saturated heterocycles. The first-order valence-electron chi connectivity index (χ1n) is 5.63. The number of rotatable bonds is 5. The maximum absolute atomic E-state index is 11.4. The number of aliphatic imine (C=N–C) groups is 1. The third-order valence-corrected chi connectivity index (χ3v) is 4.78. The van der Waals surface area contributed by atoms with Gasteiger partial charge in [-0.25, -0.2) is 12.7 Å². The van der Waals surface area contributed by atoms with E-state index in [4.69, 9.17) is 5.73 Å². The Kier molecular flexibility index (Phi) is 4.73. The third kappa shape index (κ3) is 3.75. The molecule has 16 heavy (non-hydrogen) atoms. The highest BCUT2D eigenvalue weighted by molar-refractivity contribution is 7.89. The quantitative estimate of drug-likeness (QED) is 0.565. The van der Waals surface area contributed by atoms with Crippen LogP contribution in [0.5, 0.6) is 0 Å². The summed E-state index contributed by atoms with van der Waals surface area (Å²) in [4.78, 5) is 4.16. The van der Waals surface area contributed by atoms with Crippen molar-refractivity contribution in [1.29, 1.82) is 0 Å². The van der Waals surface area contributed by atoms with Gasteiger partial charge in [-0.1, -0.05) is 12.8 Å². The van der Waals surface area contributed by atoms with Gasteiger partial charge in [-0.3, -0.25) is 4.99 Å². The summed E-state index contributed by atoms with van der Waals surface area (Å²) in [5, 5.41) is 0. The second-order valence-corrected chi connectivity index (χ2v) is 6.69. The largest absolute Gasteiger partial charge is 0.387 e. The van der Waals surface area contributed by atoms with E-state index in [0.717, 1.165) is 12.8 Å². The molecule has 0 atom stereocenters. The zero-order chi connectivity index (χ0) is 12.2. The first-order chi connectivity index (χ1) is 7.43. The first kappa shape index (κ1) is 13.4. The maximum atomic E-state index is 11.4. The monoisotopic (exact) mass is 247 g/mol. The molecule has 0 amide bonds. The minimum absolute atomic E-state index is 0.0351. The Morgan fingerprint density at radius 3 is 2.44 bits per heavy atom.